The van der Waals surface area contributed by atoms with Crippen molar-refractivity contribution in [2.75, 3.05) is 138 Å². The Balaban J connectivity index is 0.000000241. The van der Waals surface area contributed by atoms with Crippen LogP contribution in [0.2, 0.25) is 0 Å². The number of hydrogen-bond acceptors (Lipinski definition) is 15. The molecule has 24 heteroatoms. The summed E-state index contributed by atoms with van der Waals surface area (Å²) < 4.78 is 102. The smallest absolute Gasteiger partial charge is 0.338 e. The summed E-state index contributed by atoms with van der Waals surface area (Å²) in [6.45, 7) is 19.7. The maximum atomic E-state index is 15.1. The number of urea groups is 2. The second kappa shape index (κ2) is 28.8. The van der Waals surface area contributed by atoms with E-state index in [2.05, 4.69) is 19.6 Å². The highest BCUT2D eigenvalue weighted by molar-refractivity contribution is 7.91. The van der Waals surface area contributed by atoms with E-state index < -0.39 is 66.6 Å². The largest absolute Gasteiger partial charge is 0.462 e. The minimum absolute atomic E-state index is 0.0611. The van der Waals surface area contributed by atoms with Crippen LogP contribution in [0.25, 0.3) is 0 Å². The molecule has 0 aromatic heterocycles. The molecule has 4 saturated heterocycles. The summed E-state index contributed by atoms with van der Waals surface area (Å²) in [5.41, 5.74) is 1.84. The van der Waals surface area contributed by atoms with E-state index in [1.165, 1.54) is 43.9 Å². The van der Waals surface area contributed by atoms with Gasteiger partial charge in [-0.15, -0.1) is 0 Å². The molecular formula is C60H81F3N8O11S2. The van der Waals surface area contributed by atoms with Gasteiger partial charge in [0.25, 0.3) is 0 Å². The first-order valence-electron chi connectivity index (χ1n) is 28.6. The van der Waals surface area contributed by atoms with Gasteiger partial charge in [0.1, 0.15) is 17.3 Å². The highest BCUT2D eigenvalue weighted by Gasteiger charge is 2.33. The molecule has 0 bridgehead atoms. The van der Waals surface area contributed by atoms with Gasteiger partial charge < -0.3 is 24.4 Å². The highest BCUT2D eigenvalue weighted by atomic mass is 32.2. The number of carbonyl (C=O) groups excluding carboxylic acids is 4. The Morgan fingerprint density at radius 1 is 0.512 bits per heavy atom. The van der Waals surface area contributed by atoms with Crippen LogP contribution in [-0.2, 0) is 55.3 Å². The van der Waals surface area contributed by atoms with Crippen molar-refractivity contribution < 1.29 is 63.8 Å². The van der Waals surface area contributed by atoms with Crippen LogP contribution in [0.5, 0.6) is 0 Å². The fraction of sp³-hybridized carbons (Fsp3) is 0.533. The van der Waals surface area contributed by atoms with Crippen LogP contribution in [-0.4, -0.2) is 214 Å². The fourth-order valence-electron chi connectivity index (χ4n) is 10.4. The molecule has 0 atom stereocenters. The number of aliphatic hydroxyl groups is 1. The molecule has 8 rings (SSSR count). The number of nitrogens with zero attached hydrogens (tertiary/aromatic N) is 8. The van der Waals surface area contributed by atoms with Crippen molar-refractivity contribution in [1.82, 2.24) is 29.4 Å². The lowest BCUT2D eigenvalue weighted by Crippen LogP contribution is -2.50. The summed E-state index contributed by atoms with van der Waals surface area (Å²) in [5, 5.41) is 10.1. The zero-order chi connectivity index (χ0) is 61.0. The van der Waals surface area contributed by atoms with E-state index in [1.807, 2.05) is 50.2 Å². The van der Waals surface area contributed by atoms with Crippen molar-refractivity contribution >= 4 is 55.1 Å². The summed E-state index contributed by atoms with van der Waals surface area (Å²) >= 11 is 0. The van der Waals surface area contributed by atoms with E-state index in [9.17, 15) is 45.5 Å². The van der Waals surface area contributed by atoms with Crippen molar-refractivity contribution in [2.45, 2.75) is 79.0 Å². The molecule has 0 aliphatic carbocycles. The van der Waals surface area contributed by atoms with Crippen molar-refractivity contribution in [2.24, 2.45) is 0 Å². The second-order valence-corrected chi connectivity index (χ2v) is 27.6. The molecule has 0 radical (unpaired) electrons. The van der Waals surface area contributed by atoms with Gasteiger partial charge in [0.05, 0.1) is 66.0 Å². The number of piperazine rings is 2. The van der Waals surface area contributed by atoms with Gasteiger partial charge >= 0.3 is 24.0 Å². The molecule has 0 unspecified atom stereocenters. The first-order chi connectivity index (χ1) is 39.7. The number of hydrogen-bond donors (Lipinski definition) is 1. The van der Waals surface area contributed by atoms with Gasteiger partial charge in [-0.05, 0) is 101 Å². The summed E-state index contributed by atoms with van der Waals surface area (Å²) in [5.74, 6) is -3.01. The molecule has 4 fully saturated rings. The fourth-order valence-corrected chi connectivity index (χ4v) is 12.8. The van der Waals surface area contributed by atoms with Crippen LogP contribution in [0.4, 0.5) is 34.1 Å². The van der Waals surface area contributed by atoms with Crippen LogP contribution in [0.3, 0.4) is 0 Å². The van der Waals surface area contributed by atoms with Crippen molar-refractivity contribution in [1.29, 1.82) is 0 Å². The zero-order valence-corrected chi connectivity index (χ0v) is 50.7. The average molecular weight is 1210 g/mol. The molecule has 460 valence electrons. The molecule has 84 heavy (non-hydrogen) atoms. The van der Waals surface area contributed by atoms with Crippen molar-refractivity contribution in [3.63, 3.8) is 0 Å². The minimum atomic E-state index is -3.20. The minimum Gasteiger partial charge on any atom is -0.462 e. The first kappa shape index (κ1) is 65.4. The molecule has 19 nitrogen and oxygen atoms in total. The molecule has 1 N–H and O–H groups in total. The molecule has 4 aromatic rings. The van der Waals surface area contributed by atoms with Crippen molar-refractivity contribution in [3.8, 4) is 0 Å². The van der Waals surface area contributed by atoms with E-state index in [0.29, 0.717) is 31.0 Å². The summed E-state index contributed by atoms with van der Waals surface area (Å²) in [6.07, 6.45) is 0. The van der Waals surface area contributed by atoms with Gasteiger partial charge in [-0.2, -0.15) is 0 Å². The Bertz CT molecular complexity index is 2890. The van der Waals surface area contributed by atoms with Crippen LogP contribution in [0, 0.1) is 11.6 Å². The molecule has 4 aliphatic heterocycles. The maximum Gasteiger partial charge on any atom is 0.338 e. The average Bonchev–Trinajstić information content (AvgIpc) is 3.61. The summed E-state index contributed by atoms with van der Waals surface area (Å²) in [7, 11) is -6.39. The highest BCUT2D eigenvalue weighted by Crippen LogP contribution is 2.27. The molecular weight excluding hydrogens is 1130 g/mol. The van der Waals surface area contributed by atoms with E-state index in [0.717, 1.165) is 82.2 Å². The topological polar surface area (TPSA) is 201 Å². The lowest BCUT2D eigenvalue weighted by molar-refractivity contribution is 0.0166. The van der Waals surface area contributed by atoms with Gasteiger partial charge in [-0.1, -0.05) is 36.4 Å². The van der Waals surface area contributed by atoms with Gasteiger partial charge in [0.15, 0.2) is 19.7 Å². The number of ether oxygens (including phenoxy) is 2. The number of alkyl halides is 1. The van der Waals surface area contributed by atoms with Crippen LogP contribution >= 0.6 is 0 Å². The van der Waals surface area contributed by atoms with Crippen LogP contribution in [0.1, 0.15) is 84.5 Å². The van der Waals surface area contributed by atoms with Crippen molar-refractivity contribution in [3.05, 3.63) is 130 Å². The molecule has 0 saturated carbocycles. The third-order valence-corrected chi connectivity index (χ3v) is 18.1. The molecule has 4 aromatic carbocycles. The summed E-state index contributed by atoms with van der Waals surface area (Å²) in [4.78, 5) is 66.2. The first-order valence-corrected chi connectivity index (χ1v) is 32.2. The number of rotatable bonds is 18. The van der Waals surface area contributed by atoms with Crippen LogP contribution < -0.4 is 9.80 Å². The third kappa shape index (κ3) is 19.4. The van der Waals surface area contributed by atoms with E-state index in [1.54, 1.807) is 39.8 Å². The quantitative estimate of drug-likeness (QED) is 0.106. The molecule has 4 amide bonds. The lowest BCUT2D eigenvalue weighted by atomic mass is 10.1. The number of anilines is 2. The molecule has 0 spiro atoms. The zero-order valence-electron chi connectivity index (χ0n) is 49.1. The monoisotopic (exact) mass is 1210 g/mol. The van der Waals surface area contributed by atoms with Gasteiger partial charge in [-0.25, -0.2) is 49.2 Å². The Hall–Kier alpha value is -6.15. The molecule has 4 heterocycles. The predicted molar refractivity (Wildman–Crippen MR) is 316 cm³/mol. The third-order valence-electron chi connectivity index (χ3n) is 14.9. The van der Waals surface area contributed by atoms with Crippen LogP contribution in [0.15, 0.2) is 84.9 Å². The van der Waals surface area contributed by atoms with Gasteiger partial charge in [-0.3, -0.25) is 29.4 Å². The summed E-state index contributed by atoms with van der Waals surface area (Å²) in [6, 6.07) is 22.2. The maximum absolute atomic E-state index is 15.1. The van der Waals surface area contributed by atoms with E-state index in [4.69, 9.17) is 9.47 Å². The number of carbonyl (C=O) groups is 4. The lowest BCUT2D eigenvalue weighted by Gasteiger charge is -2.37. The Kier molecular flexibility index (Phi) is 22.4. The number of esters is 2. The van der Waals surface area contributed by atoms with Gasteiger partial charge in [0, 0.05) is 127 Å². The Labute approximate surface area is 492 Å². The Morgan fingerprint density at radius 3 is 1.15 bits per heavy atom. The predicted octanol–water partition coefficient (Wildman–Crippen LogP) is 6.47. The number of β-amino-alcohol motifs (C(OH)–C–C–N with tert-alkyl or cyclic N) is 1. The van der Waals surface area contributed by atoms with E-state index in [-0.39, 0.29) is 97.7 Å². The normalized spacial score (nSPS) is 18.1. The number of sulfone groups is 2. The van der Waals surface area contributed by atoms with Gasteiger partial charge in [0.2, 0.25) is 0 Å². The standard InChI is InChI=1S/C30H40F2N4O5S.C30H41FN4O6S/c1-4-41-28(37)24-7-8-25(27(31)19-24)21-36(29(38)35-15-17-42(39,40)18-16-35)26-9-5-23(6-10-26)20-33-11-13-34(14-12-33)22-30(2,3)32;1-4-41-28(36)24-7-8-25(27(31)19-24)21-35(29(37)34-15-17-42(39,40)18-16-34)26-9-5-23(6-10-26)20-32-11-13-33(14-12-32)22-30(2,3)38/h5-10,19H,4,11-18,20-22H2,1-3H3;5-10,19,38H,4,11-18,20-22H2,1-3H3. The second-order valence-electron chi connectivity index (χ2n) is 23.0. The number of amides is 4. The number of benzene rings is 4. The molecule has 4 aliphatic rings. The SMILES string of the molecule is CCOC(=O)c1ccc(CN(C(=O)N2CCS(=O)(=O)CC2)c2ccc(CN3CCN(CC(C)(C)F)CC3)cc2)c(F)c1.CCOC(=O)c1ccc(CN(C(=O)N2CCS(=O)(=O)CC2)c2ccc(CN3CCN(CC(C)(C)O)CC3)cc2)c(F)c1. The van der Waals surface area contributed by atoms with E-state index >= 15 is 8.78 Å². The Morgan fingerprint density at radius 2 is 0.845 bits per heavy atom. The number of halogens is 3.